The van der Waals surface area contributed by atoms with Crippen LogP contribution in [-0.2, 0) is 14.3 Å². The highest BCUT2D eigenvalue weighted by molar-refractivity contribution is 5.75. The fraction of sp³-hybridized carbons (Fsp3) is 0.917. The molecule has 0 aromatic heterocycles. The highest BCUT2D eigenvalue weighted by Crippen LogP contribution is 2.17. The maximum atomic E-state index is 11.6. The van der Waals surface area contributed by atoms with Gasteiger partial charge in [0.15, 0.2) is 0 Å². The number of carbonyl (C=O) groups excluding carboxylic acids is 1. The summed E-state index contributed by atoms with van der Waals surface area (Å²) in [6.45, 7) is 5.42. The van der Waals surface area contributed by atoms with Crippen molar-refractivity contribution in [2.24, 2.45) is 0 Å². The number of hydrogen-bond donors (Lipinski definition) is 0. The van der Waals surface area contributed by atoms with Crippen molar-refractivity contribution in [3.8, 4) is 0 Å². The lowest BCUT2D eigenvalue weighted by Crippen LogP contribution is -2.46. The first-order valence-electron chi connectivity index (χ1n) is 6.19. The summed E-state index contributed by atoms with van der Waals surface area (Å²) in [7, 11) is 1.46. The van der Waals surface area contributed by atoms with E-state index in [0.717, 1.165) is 39.0 Å². The summed E-state index contributed by atoms with van der Waals surface area (Å²) in [6.07, 6.45) is 4.24. The summed E-state index contributed by atoms with van der Waals surface area (Å²) in [5, 5.41) is 0. The molecule has 1 rings (SSSR count). The van der Waals surface area contributed by atoms with E-state index in [4.69, 9.17) is 9.47 Å². The quantitative estimate of drug-likeness (QED) is 0.510. The van der Waals surface area contributed by atoms with Gasteiger partial charge in [0.05, 0.1) is 13.7 Å². The van der Waals surface area contributed by atoms with Crippen LogP contribution < -0.4 is 0 Å². The van der Waals surface area contributed by atoms with Crippen LogP contribution >= 0.6 is 0 Å². The molecule has 1 aliphatic rings. The minimum absolute atomic E-state index is 0.0519. The summed E-state index contributed by atoms with van der Waals surface area (Å²) in [5.74, 6) is -0.102. The second-order valence-corrected chi connectivity index (χ2v) is 4.18. The number of methoxy groups -OCH3 is 1. The smallest absolute Gasteiger partial charge is 0.323 e. The van der Waals surface area contributed by atoms with Crippen LogP contribution in [0.4, 0.5) is 0 Å². The third-order valence-corrected chi connectivity index (χ3v) is 2.96. The minimum atomic E-state index is -0.102. The molecule has 1 saturated heterocycles. The number of esters is 1. The Bertz CT molecular complexity index is 208. The lowest BCUT2D eigenvalue weighted by atomic mass is 10.0. The second kappa shape index (κ2) is 7.63. The van der Waals surface area contributed by atoms with Gasteiger partial charge in [-0.15, -0.1) is 0 Å². The molecule has 94 valence electrons. The lowest BCUT2D eigenvalue weighted by molar-refractivity contribution is -0.148. The molecule has 4 heteroatoms. The molecular formula is C12H23NO3. The van der Waals surface area contributed by atoms with Crippen molar-refractivity contribution < 1.29 is 14.3 Å². The number of hydrogen-bond acceptors (Lipinski definition) is 4. The van der Waals surface area contributed by atoms with Crippen LogP contribution in [0, 0.1) is 0 Å². The van der Waals surface area contributed by atoms with Crippen molar-refractivity contribution >= 4 is 5.97 Å². The maximum Gasteiger partial charge on any atom is 0.323 e. The molecule has 4 nitrogen and oxygen atoms in total. The van der Waals surface area contributed by atoms with Crippen LogP contribution in [-0.4, -0.2) is 50.3 Å². The van der Waals surface area contributed by atoms with Crippen molar-refractivity contribution in [2.45, 2.75) is 38.6 Å². The van der Waals surface area contributed by atoms with Gasteiger partial charge in [-0.25, -0.2) is 0 Å². The Morgan fingerprint density at radius 2 is 2.19 bits per heavy atom. The van der Waals surface area contributed by atoms with E-state index in [1.54, 1.807) is 0 Å². The van der Waals surface area contributed by atoms with Crippen molar-refractivity contribution in [2.75, 3.05) is 33.4 Å². The van der Waals surface area contributed by atoms with Crippen molar-refractivity contribution in [1.29, 1.82) is 0 Å². The molecule has 1 aliphatic heterocycles. The SMILES string of the molecule is CCCOCCN1CCCCC1C(=O)OC. The molecule has 16 heavy (non-hydrogen) atoms. The molecular weight excluding hydrogens is 206 g/mol. The third-order valence-electron chi connectivity index (χ3n) is 2.96. The maximum absolute atomic E-state index is 11.6. The molecule has 1 fully saturated rings. The first-order chi connectivity index (χ1) is 7.79. The van der Waals surface area contributed by atoms with E-state index >= 15 is 0 Å². The molecule has 1 heterocycles. The second-order valence-electron chi connectivity index (χ2n) is 4.18. The predicted octanol–water partition coefficient (Wildman–Crippen LogP) is 1.44. The summed E-state index contributed by atoms with van der Waals surface area (Å²) < 4.78 is 10.3. The third kappa shape index (κ3) is 4.10. The largest absolute Gasteiger partial charge is 0.468 e. The Labute approximate surface area is 97.9 Å². The average Bonchev–Trinajstić information content (AvgIpc) is 2.34. The van der Waals surface area contributed by atoms with Crippen LogP contribution in [0.25, 0.3) is 0 Å². The standard InChI is InChI=1S/C12H23NO3/c1-3-9-16-10-8-13-7-5-4-6-11(13)12(14)15-2/h11H,3-10H2,1-2H3. The zero-order chi connectivity index (χ0) is 11.8. The van der Waals surface area contributed by atoms with Gasteiger partial charge in [0.25, 0.3) is 0 Å². The van der Waals surface area contributed by atoms with Gasteiger partial charge in [-0.05, 0) is 25.8 Å². The number of ether oxygens (including phenoxy) is 2. The van der Waals surface area contributed by atoms with Crippen molar-refractivity contribution in [3.63, 3.8) is 0 Å². The normalized spacial score (nSPS) is 22.0. The summed E-state index contributed by atoms with van der Waals surface area (Å²) >= 11 is 0. The Kier molecular flexibility index (Phi) is 6.42. The fourth-order valence-electron chi connectivity index (χ4n) is 2.09. The van der Waals surface area contributed by atoms with E-state index in [1.165, 1.54) is 13.5 Å². The number of nitrogens with zero attached hydrogens (tertiary/aromatic N) is 1. The van der Waals surface area contributed by atoms with Crippen LogP contribution in [0.3, 0.4) is 0 Å². The molecule has 1 atom stereocenters. The van der Waals surface area contributed by atoms with Crippen LogP contribution in [0.15, 0.2) is 0 Å². The fourth-order valence-corrected chi connectivity index (χ4v) is 2.09. The molecule has 0 aliphatic carbocycles. The molecule has 0 bridgehead atoms. The Balaban J connectivity index is 2.32. The van der Waals surface area contributed by atoms with Crippen LogP contribution in [0.5, 0.6) is 0 Å². The van der Waals surface area contributed by atoms with Gasteiger partial charge in [0, 0.05) is 13.2 Å². The number of carbonyl (C=O) groups is 1. The van der Waals surface area contributed by atoms with E-state index in [9.17, 15) is 4.79 Å². The van der Waals surface area contributed by atoms with Gasteiger partial charge in [0.1, 0.15) is 6.04 Å². The van der Waals surface area contributed by atoms with Crippen LogP contribution in [0.1, 0.15) is 32.6 Å². The van der Waals surface area contributed by atoms with E-state index in [0.29, 0.717) is 6.61 Å². The van der Waals surface area contributed by atoms with Gasteiger partial charge in [-0.1, -0.05) is 13.3 Å². The number of rotatable bonds is 6. The summed E-state index contributed by atoms with van der Waals surface area (Å²) in [5.41, 5.74) is 0. The molecule has 0 amide bonds. The van der Waals surface area contributed by atoms with Gasteiger partial charge < -0.3 is 9.47 Å². The first kappa shape index (κ1) is 13.5. The molecule has 0 aromatic carbocycles. The molecule has 0 aromatic rings. The first-order valence-corrected chi connectivity index (χ1v) is 6.19. The zero-order valence-electron chi connectivity index (χ0n) is 10.4. The number of piperidine rings is 1. The highest BCUT2D eigenvalue weighted by Gasteiger charge is 2.28. The summed E-state index contributed by atoms with van der Waals surface area (Å²) in [4.78, 5) is 13.7. The Hall–Kier alpha value is -0.610. The van der Waals surface area contributed by atoms with E-state index < -0.39 is 0 Å². The summed E-state index contributed by atoms with van der Waals surface area (Å²) in [6, 6.07) is -0.0519. The lowest BCUT2D eigenvalue weighted by Gasteiger charge is -2.33. The molecule has 0 saturated carbocycles. The molecule has 0 spiro atoms. The minimum Gasteiger partial charge on any atom is -0.468 e. The van der Waals surface area contributed by atoms with Crippen LogP contribution in [0.2, 0.25) is 0 Å². The van der Waals surface area contributed by atoms with E-state index in [-0.39, 0.29) is 12.0 Å². The van der Waals surface area contributed by atoms with E-state index in [1.807, 2.05) is 0 Å². The molecule has 0 radical (unpaired) electrons. The number of likely N-dealkylation sites (tertiary alicyclic amines) is 1. The predicted molar refractivity (Wildman–Crippen MR) is 62.3 cm³/mol. The molecule has 1 unspecified atom stereocenters. The Morgan fingerprint density at radius 3 is 2.88 bits per heavy atom. The Morgan fingerprint density at radius 1 is 1.38 bits per heavy atom. The molecule has 0 N–H and O–H groups in total. The van der Waals surface area contributed by atoms with Gasteiger partial charge in [0.2, 0.25) is 0 Å². The highest BCUT2D eigenvalue weighted by atomic mass is 16.5. The van der Waals surface area contributed by atoms with Gasteiger partial charge in [-0.3, -0.25) is 9.69 Å². The van der Waals surface area contributed by atoms with E-state index in [2.05, 4.69) is 11.8 Å². The zero-order valence-corrected chi connectivity index (χ0v) is 10.4. The van der Waals surface area contributed by atoms with Gasteiger partial charge >= 0.3 is 5.97 Å². The van der Waals surface area contributed by atoms with Crippen molar-refractivity contribution in [3.05, 3.63) is 0 Å². The topological polar surface area (TPSA) is 38.8 Å². The monoisotopic (exact) mass is 229 g/mol. The van der Waals surface area contributed by atoms with Crippen molar-refractivity contribution in [1.82, 2.24) is 4.90 Å². The van der Waals surface area contributed by atoms with Gasteiger partial charge in [-0.2, -0.15) is 0 Å². The average molecular weight is 229 g/mol.